The minimum absolute atomic E-state index is 0.156. The van der Waals surface area contributed by atoms with Crippen LogP contribution in [0.1, 0.15) is 33.6 Å². The van der Waals surface area contributed by atoms with Crippen molar-refractivity contribution in [3.63, 3.8) is 0 Å². The second-order valence-corrected chi connectivity index (χ2v) is 7.09. The highest BCUT2D eigenvalue weighted by atomic mass is 16.5. The Hall–Kier alpha value is -1.17. The summed E-state index contributed by atoms with van der Waals surface area (Å²) in [5.74, 6) is -0.358. The highest BCUT2D eigenvalue weighted by Crippen LogP contribution is 2.64. The highest BCUT2D eigenvalue weighted by Gasteiger charge is 2.70. The van der Waals surface area contributed by atoms with Crippen molar-refractivity contribution < 1.29 is 24.5 Å². The van der Waals surface area contributed by atoms with E-state index < -0.39 is 29.1 Å². The topological polar surface area (TPSA) is 76.0 Å². The van der Waals surface area contributed by atoms with Crippen molar-refractivity contribution in [2.24, 2.45) is 10.8 Å². The Bertz CT molecular complexity index is 553. The van der Waals surface area contributed by atoms with E-state index in [2.05, 4.69) is 6.58 Å². The summed E-state index contributed by atoms with van der Waals surface area (Å²) in [4.78, 5) is 11.3. The third-order valence-electron chi connectivity index (χ3n) is 6.04. The van der Waals surface area contributed by atoms with Crippen molar-refractivity contribution in [1.29, 1.82) is 0 Å². The first-order valence-electron chi connectivity index (χ1n) is 7.75. The minimum Gasteiger partial charge on any atom is -0.465 e. The molecule has 0 radical (unpaired) electrons. The van der Waals surface area contributed by atoms with Crippen LogP contribution in [0.4, 0.5) is 0 Å². The molecule has 1 saturated heterocycles. The number of aliphatic hydroxyl groups excluding tert-OH is 2. The Kier molecular flexibility index (Phi) is 3.51. The van der Waals surface area contributed by atoms with Crippen molar-refractivity contribution in [2.75, 3.05) is 6.61 Å². The standard InChI is InChI=1S/C17H24O5/c1-9-5-6-17(8-21-11(3)18)12(7-9)22-14-10(2)16(17,4)15(20)13(14)19/h7,12-15,19-20H,2,5-6,8H2,1,3-4H3. The number of carbonyl (C=O) groups is 1. The molecule has 1 aliphatic heterocycles. The molecule has 2 fully saturated rings. The van der Waals surface area contributed by atoms with Crippen LogP contribution < -0.4 is 0 Å². The lowest BCUT2D eigenvalue weighted by atomic mass is 9.53. The summed E-state index contributed by atoms with van der Waals surface area (Å²) in [6, 6.07) is 0. The summed E-state index contributed by atoms with van der Waals surface area (Å²) in [5, 5.41) is 21.0. The van der Waals surface area contributed by atoms with Crippen LogP contribution in [0.15, 0.2) is 23.8 Å². The maximum Gasteiger partial charge on any atom is 0.302 e. The van der Waals surface area contributed by atoms with Crippen LogP contribution in [0.5, 0.6) is 0 Å². The zero-order chi connectivity index (χ0) is 16.3. The summed E-state index contributed by atoms with van der Waals surface area (Å²) in [6.45, 7) is 9.57. The van der Waals surface area contributed by atoms with Crippen LogP contribution >= 0.6 is 0 Å². The van der Waals surface area contributed by atoms with Gasteiger partial charge in [0, 0.05) is 17.8 Å². The second kappa shape index (κ2) is 4.91. The zero-order valence-electron chi connectivity index (χ0n) is 13.3. The molecule has 5 heteroatoms. The molecule has 2 N–H and O–H groups in total. The molecular weight excluding hydrogens is 284 g/mol. The van der Waals surface area contributed by atoms with Gasteiger partial charge in [0.05, 0.1) is 12.2 Å². The Morgan fingerprint density at radius 1 is 1.55 bits per heavy atom. The predicted molar refractivity (Wildman–Crippen MR) is 80.0 cm³/mol. The van der Waals surface area contributed by atoms with Crippen molar-refractivity contribution >= 4 is 5.97 Å². The Labute approximate surface area is 130 Å². The minimum atomic E-state index is -0.994. The number of allylic oxidation sites excluding steroid dienone is 1. The fourth-order valence-electron chi connectivity index (χ4n) is 4.46. The molecule has 3 rings (SSSR count). The summed E-state index contributed by atoms with van der Waals surface area (Å²) >= 11 is 0. The van der Waals surface area contributed by atoms with Crippen LogP contribution in [0.2, 0.25) is 0 Å². The summed E-state index contributed by atoms with van der Waals surface area (Å²) < 4.78 is 11.4. The molecule has 22 heavy (non-hydrogen) atoms. The fourth-order valence-corrected chi connectivity index (χ4v) is 4.46. The molecule has 2 bridgehead atoms. The van der Waals surface area contributed by atoms with Gasteiger partial charge in [-0.1, -0.05) is 25.2 Å². The van der Waals surface area contributed by atoms with Crippen LogP contribution in [0.25, 0.3) is 0 Å². The first-order valence-corrected chi connectivity index (χ1v) is 7.75. The number of ether oxygens (including phenoxy) is 2. The molecule has 0 spiro atoms. The van der Waals surface area contributed by atoms with Gasteiger partial charge in [0.2, 0.25) is 0 Å². The summed E-state index contributed by atoms with van der Waals surface area (Å²) in [6.07, 6.45) is 0.764. The number of fused-ring (bicyclic) bond motifs is 4. The largest absolute Gasteiger partial charge is 0.465 e. The van der Waals surface area contributed by atoms with Crippen molar-refractivity contribution in [1.82, 2.24) is 0 Å². The molecule has 0 amide bonds. The van der Waals surface area contributed by atoms with Gasteiger partial charge in [-0.3, -0.25) is 4.79 Å². The monoisotopic (exact) mass is 308 g/mol. The van der Waals surface area contributed by atoms with E-state index in [0.29, 0.717) is 5.57 Å². The first-order chi connectivity index (χ1) is 10.2. The van der Waals surface area contributed by atoms with Crippen molar-refractivity contribution in [2.45, 2.75) is 58.0 Å². The van der Waals surface area contributed by atoms with Crippen LogP contribution in [0.3, 0.4) is 0 Å². The molecule has 3 aliphatic rings. The Morgan fingerprint density at radius 3 is 2.86 bits per heavy atom. The second-order valence-electron chi connectivity index (χ2n) is 7.09. The molecule has 0 aromatic carbocycles. The lowest BCUT2D eigenvalue weighted by Crippen LogP contribution is -2.59. The average Bonchev–Trinajstić information content (AvgIpc) is 2.58. The van der Waals surface area contributed by atoms with Gasteiger partial charge in [-0.15, -0.1) is 0 Å². The zero-order valence-corrected chi connectivity index (χ0v) is 13.3. The van der Waals surface area contributed by atoms with E-state index in [9.17, 15) is 15.0 Å². The Morgan fingerprint density at radius 2 is 2.23 bits per heavy atom. The van der Waals surface area contributed by atoms with Gasteiger partial charge in [0.15, 0.2) is 0 Å². The number of rotatable bonds is 2. The van der Waals surface area contributed by atoms with E-state index >= 15 is 0 Å². The number of esters is 1. The normalized spacial score (nSPS) is 47.0. The van der Waals surface area contributed by atoms with E-state index in [1.807, 2.05) is 19.9 Å². The maximum absolute atomic E-state index is 11.3. The lowest BCUT2D eigenvalue weighted by Gasteiger charge is -2.56. The van der Waals surface area contributed by atoms with Crippen LogP contribution in [-0.4, -0.2) is 47.2 Å². The molecule has 6 unspecified atom stereocenters. The smallest absolute Gasteiger partial charge is 0.302 e. The lowest BCUT2D eigenvalue weighted by molar-refractivity contribution is -0.175. The molecule has 2 aliphatic carbocycles. The average molecular weight is 308 g/mol. The summed E-state index contributed by atoms with van der Waals surface area (Å²) in [7, 11) is 0. The van der Waals surface area contributed by atoms with Gasteiger partial charge in [0.25, 0.3) is 0 Å². The number of carbonyl (C=O) groups excluding carboxylic acids is 1. The predicted octanol–water partition coefficient (Wildman–Crippen LogP) is 1.34. The van der Waals surface area contributed by atoms with Crippen LogP contribution in [0, 0.1) is 10.8 Å². The van der Waals surface area contributed by atoms with E-state index in [0.717, 1.165) is 12.8 Å². The number of hydrogen-bond acceptors (Lipinski definition) is 5. The quantitative estimate of drug-likeness (QED) is 0.595. The molecule has 0 aromatic rings. The van der Waals surface area contributed by atoms with Gasteiger partial charge in [-0.05, 0) is 25.3 Å². The van der Waals surface area contributed by atoms with Crippen LogP contribution in [-0.2, 0) is 14.3 Å². The molecule has 1 saturated carbocycles. The van der Waals surface area contributed by atoms with E-state index in [-0.39, 0.29) is 18.7 Å². The molecular formula is C17H24O5. The highest BCUT2D eigenvalue weighted by molar-refractivity contribution is 5.66. The van der Waals surface area contributed by atoms with Crippen molar-refractivity contribution in [3.05, 3.63) is 23.8 Å². The van der Waals surface area contributed by atoms with E-state index in [4.69, 9.17) is 9.47 Å². The van der Waals surface area contributed by atoms with Gasteiger partial charge in [0.1, 0.15) is 18.8 Å². The molecule has 1 heterocycles. The van der Waals surface area contributed by atoms with E-state index in [1.165, 1.54) is 12.5 Å². The van der Waals surface area contributed by atoms with Gasteiger partial charge in [-0.2, -0.15) is 0 Å². The molecule has 6 atom stereocenters. The third-order valence-corrected chi connectivity index (χ3v) is 6.04. The third kappa shape index (κ3) is 1.79. The van der Waals surface area contributed by atoms with Gasteiger partial charge >= 0.3 is 5.97 Å². The van der Waals surface area contributed by atoms with E-state index in [1.54, 1.807) is 0 Å². The Balaban J connectivity index is 2.10. The summed E-state index contributed by atoms with van der Waals surface area (Å²) in [5.41, 5.74) is 0.571. The molecule has 122 valence electrons. The SMILES string of the molecule is C=C1C2OC3C=C(C)CCC3(COC(C)=O)C1(C)C(O)C2O. The van der Waals surface area contributed by atoms with Crippen molar-refractivity contribution in [3.8, 4) is 0 Å². The number of hydrogen-bond donors (Lipinski definition) is 2. The maximum atomic E-state index is 11.3. The molecule has 0 aromatic heterocycles. The van der Waals surface area contributed by atoms with Gasteiger partial charge < -0.3 is 19.7 Å². The number of aliphatic hydroxyl groups is 2. The fraction of sp³-hybridized carbons (Fsp3) is 0.706. The van der Waals surface area contributed by atoms with Gasteiger partial charge in [-0.25, -0.2) is 0 Å². The molecule has 5 nitrogen and oxygen atoms in total. The first kappa shape index (κ1) is 15.7.